The van der Waals surface area contributed by atoms with E-state index in [1.54, 1.807) is 24.3 Å². The summed E-state index contributed by atoms with van der Waals surface area (Å²) in [7, 11) is 0. The predicted molar refractivity (Wildman–Crippen MR) is 72.7 cm³/mol. The van der Waals surface area contributed by atoms with Crippen molar-refractivity contribution in [3.8, 4) is 0 Å². The van der Waals surface area contributed by atoms with Gasteiger partial charge in [-0.3, -0.25) is 9.59 Å². The second-order valence-electron chi connectivity index (χ2n) is 4.99. The fraction of sp³-hybridized carbons (Fsp3) is 0.200. The van der Waals surface area contributed by atoms with Crippen molar-refractivity contribution in [2.45, 2.75) is 18.9 Å². The van der Waals surface area contributed by atoms with Gasteiger partial charge in [0.2, 0.25) is 5.43 Å². The number of furan rings is 1. The van der Waals surface area contributed by atoms with Crippen molar-refractivity contribution >= 4 is 28.0 Å². The number of fused-ring (bicyclic) bond motifs is 2. The van der Waals surface area contributed by atoms with E-state index < -0.39 is 0 Å². The fourth-order valence-electron chi connectivity index (χ4n) is 2.19. The highest BCUT2D eigenvalue weighted by Gasteiger charge is 2.26. The number of rotatable bonds is 2. The summed E-state index contributed by atoms with van der Waals surface area (Å²) in [5.74, 6) is -0.0972. The van der Waals surface area contributed by atoms with E-state index in [1.165, 1.54) is 6.07 Å². The summed E-state index contributed by atoms with van der Waals surface area (Å²) in [5.41, 5.74) is 0.268. The number of para-hydroxylation sites is 1. The third-order valence-electron chi connectivity index (χ3n) is 3.41. The zero-order valence-corrected chi connectivity index (χ0v) is 10.5. The van der Waals surface area contributed by atoms with Gasteiger partial charge in [0.15, 0.2) is 5.76 Å². The van der Waals surface area contributed by atoms with Crippen LogP contribution in [0.1, 0.15) is 23.4 Å². The van der Waals surface area contributed by atoms with Crippen LogP contribution in [0.5, 0.6) is 0 Å². The minimum absolute atomic E-state index is 0.0923. The molecule has 0 saturated heterocycles. The van der Waals surface area contributed by atoms with Crippen molar-refractivity contribution in [2.75, 3.05) is 0 Å². The van der Waals surface area contributed by atoms with Gasteiger partial charge in [0.05, 0.1) is 5.39 Å². The van der Waals surface area contributed by atoms with Crippen LogP contribution in [0.3, 0.4) is 0 Å². The Hall–Kier alpha value is -2.56. The maximum absolute atomic E-state index is 12.3. The molecule has 2 heterocycles. The summed E-state index contributed by atoms with van der Waals surface area (Å²) in [6.07, 6.45) is 1.99. The molecule has 100 valence electrons. The van der Waals surface area contributed by atoms with E-state index in [2.05, 4.69) is 5.32 Å². The molecule has 1 fully saturated rings. The largest absolute Gasteiger partial charge is 0.425 e. The number of carbonyl (C=O) groups is 1. The number of benzene rings is 1. The molecule has 20 heavy (non-hydrogen) atoms. The lowest BCUT2D eigenvalue weighted by Gasteiger charge is -1.97. The zero-order chi connectivity index (χ0) is 13.7. The van der Waals surface area contributed by atoms with Gasteiger partial charge in [0.25, 0.3) is 5.91 Å². The van der Waals surface area contributed by atoms with Gasteiger partial charge < -0.3 is 14.2 Å². The molecule has 5 nitrogen and oxygen atoms in total. The topological polar surface area (TPSA) is 72.5 Å². The smallest absolute Gasteiger partial charge is 0.302 e. The van der Waals surface area contributed by atoms with Gasteiger partial charge in [0.1, 0.15) is 11.0 Å². The number of hydrogen-bond acceptors (Lipinski definition) is 4. The third kappa shape index (κ3) is 1.71. The van der Waals surface area contributed by atoms with E-state index in [9.17, 15) is 9.59 Å². The van der Waals surface area contributed by atoms with Crippen molar-refractivity contribution in [1.29, 1.82) is 0 Å². The van der Waals surface area contributed by atoms with Crippen LogP contribution in [0.15, 0.2) is 44.0 Å². The molecular weight excluding hydrogens is 258 g/mol. The average molecular weight is 269 g/mol. The van der Waals surface area contributed by atoms with Crippen molar-refractivity contribution in [2.24, 2.45) is 0 Å². The SMILES string of the molecule is O=C(NC1CC1)c1cc2c(=O)c3ccccc3oc2o1. The van der Waals surface area contributed by atoms with Gasteiger partial charge in [-0.05, 0) is 25.0 Å². The molecule has 0 unspecified atom stereocenters. The minimum Gasteiger partial charge on any atom is -0.425 e. The lowest BCUT2D eigenvalue weighted by atomic mass is 10.2. The molecule has 1 N–H and O–H groups in total. The molecule has 3 aromatic rings. The summed E-state index contributed by atoms with van der Waals surface area (Å²) in [5, 5.41) is 3.59. The van der Waals surface area contributed by atoms with E-state index in [4.69, 9.17) is 8.83 Å². The summed E-state index contributed by atoms with van der Waals surface area (Å²) in [6.45, 7) is 0. The maximum Gasteiger partial charge on any atom is 0.302 e. The molecule has 2 aromatic heterocycles. The van der Waals surface area contributed by atoms with Crippen LogP contribution in [0.2, 0.25) is 0 Å². The van der Waals surface area contributed by atoms with Gasteiger partial charge >= 0.3 is 5.78 Å². The Morgan fingerprint density at radius 2 is 1.95 bits per heavy atom. The van der Waals surface area contributed by atoms with E-state index in [0.717, 1.165) is 12.8 Å². The summed E-state index contributed by atoms with van der Waals surface area (Å²) in [4.78, 5) is 24.2. The van der Waals surface area contributed by atoms with Crippen LogP contribution in [0.4, 0.5) is 0 Å². The van der Waals surface area contributed by atoms with Crippen LogP contribution < -0.4 is 10.7 Å². The highest BCUT2D eigenvalue weighted by atomic mass is 16.5. The van der Waals surface area contributed by atoms with E-state index in [0.29, 0.717) is 16.4 Å². The summed E-state index contributed by atoms with van der Waals surface area (Å²) in [6, 6.07) is 8.62. The first kappa shape index (κ1) is 11.3. The Bertz CT molecular complexity index is 886. The van der Waals surface area contributed by atoms with E-state index in [-0.39, 0.29) is 28.9 Å². The van der Waals surface area contributed by atoms with Crippen molar-refractivity contribution in [3.05, 3.63) is 46.3 Å². The van der Waals surface area contributed by atoms with Gasteiger partial charge in [-0.2, -0.15) is 0 Å². The summed E-state index contributed by atoms with van der Waals surface area (Å²) >= 11 is 0. The number of nitrogens with one attached hydrogen (secondary N) is 1. The molecule has 0 spiro atoms. The van der Waals surface area contributed by atoms with Crippen LogP contribution in [-0.2, 0) is 0 Å². The number of carbonyl (C=O) groups excluding carboxylic acids is 1. The van der Waals surface area contributed by atoms with Crippen LogP contribution in [0.25, 0.3) is 22.1 Å². The van der Waals surface area contributed by atoms with Crippen LogP contribution in [0, 0.1) is 0 Å². The number of hydrogen-bond donors (Lipinski definition) is 1. The second-order valence-corrected chi connectivity index (χ2v) is 4.99. The normalized spacial score (nSPS) is 14.8. The first-order chi connectivity index (χ1) is 9.72. The molecule has 1 aliphatic carbocycles. The number of amides is 1. The van der Waals surface area contributed by atoms with Gasteiger partial charge in [-0.1, -0.05) is 12.1 Å². The standard InChI is InChI=1S/C15H11NO4/c17-13-9-3-1-2-4-11(9)19-15-10(13)7-12(20-15)14(18)16-8-5-6-8/h1-4,7-8H,5-6H2,(H,16,18). The predicted octanol–water partition coefficient (Wildman–Crippen LogP) is 2.43. The van der Waals surface area contributed by atoms with Crippen LogP contribution >= 0.6 is 0 Å². The Balaban J connectivity index is 1.89. The van der Waals surface area contributed by atoms with Crippen molar-refractivity contribution < 1.29 is 13.6 Å². The molecule has 1 amide bonds. The fourth-order valence-corrected chi connectivity index (χ4v) is 2.19. The lowest BCUT2D eigenvalue weighted by molar-refractivity contribution is 0.0923. The Kier molecular flexibility index (Phi) is 2.24. The Labute approximate surface area is 113 Å². The lowest BCUT2D eigenvalue weighted by Crippen LogP contribution is -2.24. The Morgan fingerprint density at radius 1 is 1.15 bits per heavy atom. The molecular formula is C15H11NO4. The monoisotopic (exact) mass is 269 g/mol. The molecule has 0 bridgehead atoms. The van der Waals surface area contributed by atoms with E-state index >= 15 is 0 Å². The molecule has 4 rings (SSSR count). The molecule has 1 saturated carbocycles. The molecule has 1 aliphatic rings. The molecule has 0 atom stereocenters. The summed E-state index contributed by atoms with van der Waals surface area (Å²) < 4.78 is 10.9. The highest BCUT2D eigenvalue weighted by Crippen LogP contribution is 2.23. The first-order valence-corrected chi connectivity index (χ1v) is 6.48. The zero-order valence-electron chi connectivity index (χ0n) is 10.5. The molecule has 5 heteroatoms. The van der Waals surface area contributed by atoms with Crippen molar-refractivity contribution in [3.63, 3.8) is 0 Å². The quantitative estimate of drug-likeness (QED) is 0.775. The van der Waals surface area contributed by atoms with E-state index in [1.807, 2.05) is 0 Å². The Morgan fingerprint density at radius 3 is 2.75 bits per heavy atom. The maximum atomic E-state index is 12.3. The molecule has 0 radical (unpaired) electrons. The van der Waals surface area contributed by atoms with Gasteiger partial charge in [-0.15, -0.1) is 0 Å². The van der Waals surface area contributed by atoms with Gasteiger partial charge in [-0.25, -0.2) is 0 Å². The van der Waals surface area contributed by atoms with Crippen molar-refractivity contribution in [1.82, 2.24) is 5.32 Å². The van der Waals surface area contributed by atoms with Gasteiger partial charge in [0, 0.05) is 12.1 Å². The second kappa shape index (κ2) is 3.96. The average Bonchev–Trinajstić information content (AvgIpc) is 3.15. The molecule has 0 aliphatic heterocycles. The molecule has 1 aromatic carbocycles. The van der Waals surface area contributed by atoms with Crippen LogP contribution in [-0.4, -0.2) is 11.9 Å². The first-order valence-electron chi connectivity index (χ1n) is 6.48. The third-order valence-corrected chi connectivity index (χ3v) is 3.41. The minimum atomic E-state index is -0.303. The highest BCUT2D eigenvalue weighted by molar-refractivity contribution is 5.97.